The highest BCUT2D eigenvalue weighted by molar-refractivity contribution is 5.40. The van der Waals surface area contributed by atoms with E-state index in [1.165, 1.54) is 11.6 Å². The molecular weight excluding hydrogens is 253 g/mol. The molecule has 2 nitrogen and oxygen atoms in total. The average Bonchev–Trinajstić information content (AvgIpc) is 2.44. The maximum Gasteiger partial charge on any atom is 0.165 e. The second kappa shape index (κ2) is 7.06. The normalized spacial score (nSPS) is 10.6. The summed E-state index contributed by atoms with van der Waals surface area (Å²) in [6, 6.07) is 12.4. The van der Waals surface area contributed by atoms with Crippen molar-refractivity contribution >= 4 is 0 Å². The maximum absolute atomic E-state index is 13.6. The van der Waals surface area contributed by atoms with Crippen molar-refractivity contribution in [3.63, 3.8) is 0 Å². The molecule has 0 amide bonds. The van der Waals surface area contributed by atoms with Gasteiger partial charge in [-0.3, -0.25) is 0 Å². The van der Waals surface area contributed by atoms with Crippen molar-refractivity contribution in [2.24, 2.45) is 0 Å². The van der Waals surface area contributed by atoms with Gasteiger partial charge < -0.3 is 10.1 Å². The summed E-state index contributed by atoms with van der Waals surface area (Å²) in [5.74, 6) is 0.599. The summed E-state index contributed by atoms with van der Waals surface area (Å²) in [5.41, 5.74) is 2.21. The molecule has 2 rings (SSSR count). The van der Waals surface area contributed by atoms with Crippen molar-refractivity contribution in [3.8, 4) is 11.5 Å². The lowest BCUT2D eigenvalue weighted by atomic mass is 10.1. The van der Waals surface area contributed by atoms with Crippen LogP contribution in [0.15, 0.2) is 42.5 Å². The average molecular weight is 273 g/mol. The van der Waals surface area contributed by atoms with E-state index in [4.69, 9.17) is 4.74 Å². The Hall–Kier alpha value is -1.87. The molecule has 0 heterocycles. The third-order valence-electron chi connectivity index (χ3n) is 3.05. The van der Waals surface area contributed by atoms with Crippen molar-refractivity contribution in [3.05, 3.63) is 59.4 Å². The number of halogens is 1. The van der Waals surface area contributed by atoms with Gasteiger partial charge in [0, 0.05) is 6.54 Å². The second-order valence-electron chi connectivity index (χ2n) is 4.81. The summed E-state index contributed by atoms with van der Waals surface area (Å²) in [6.45, 7) is 5.96. The molecule has 0 radical (unpaired) electrons. The fraction of sp³-hybridized carbons (Fsp3) is 0.294. The van der Waals surface area contributed by atoms with Gasteiger partial charge in [-0.2, -0.15) is 0 Å². The van der Waals surface area contributed by atoms with Gasteiger partial charge in [0.15, 0.2) is 11.6 Å². The molecule has 20 heavy (non-hydrogen) atoms. The second-order valence-corrected chi connectivity index (χ2v) is 4.81. The van der Waals surface area contributed by atoms with Gasteiger partial charge in [-0.1, -0.05) is 31.2 Å². The molecule has 0 aliphatic carbocycles. The lowest BCUT2D eigenvalue weighted by Gasteiger charge is -2.11. The molecule has 0 atom stereocenters. The van der Waals surface area contributed by atoms with Gasteiger partial charge in [-0.05, 0) is 49.2 Å². The molecule has 0 spiro atoms. The summed E-state index contributed by atoms with van der Waals surface area (Å²) in [7, 11) is 0. The van der Waals surface area contributed by atoms with E-state index >= 15 is 0 Å². The number of ether oxygens (including phenoxy) is 1. The number of hydrogen-bond acceptors (Lipinski definition) is 2. The zero-order valence-corrected chi connectivity index (χ0v) is 11.9. The molecule has 1 N–H and O–H groups in total. The summed E-state index contributed by atoms with van der Waals surface area (Å²) in [6.07, 6.45) is 1.12. The molecule has 0 aliphatic heterocycles. The van der Waals surface area contributed by atoms with Crippen molar-refractivity contribution in [1.29, 1.82) is 0 Å². The summed E-state index contributed by atoms with van der Waals surface area (Å²) < 4.78 is 19.2. The standard InChI is InChI=1S/C17H20FNO/c1-3-10-19-12-14-8-9-16(13(2)11-14)20-17-7-5-4-6-15(17)18/h4-9,11,19H,3,10,12H2,1-2H3. The first-order valence-corrected chi connectivity index (χ1v) is 6.93. The van der Waals surface area contributed by atoms with Crippen LogP contribution >= 0.6 is 0 Å². The largest absolute Gasteiger partial charge is 0.454 e. The van der Waals surface area contributed by atoms with Gasteiger partial charge >= 0.3 is 0 Å². The van der Waals surface area contributed by atoms with E-state index in [1.54, 1.807) is 18.2 Å². The van der Waals surface area contributed by atoms with Crippen molar-refractivity contribution in [1.82, 2.24) is 5.32 Å². The fourth-order valence-corrected chi connectivity index (χ4v) is 1.99. The molecule has 0 bridgehead atoms. The van der Waals surface area contributed by atoms with Gasteiger partial charge in [-0.15, -0.1) is 0 Å². The number of para-hydroxylation sites is 1. The topological polar surface area (TPSA) is 21.3 Å². The van der Waals surface area contributed by atoms with Gasteiger partial charge in [0.1, 0.15) is 5.75 Å². The van der Waals surface area contributed by atoms with Crippen LogP contribution in [0.1, 0.15) is 24.5 Å². The zero-order chi connectivity index (χ0) is 14.4. The molecule has 2 aromatic rings. The van der Waals surface area contributed by atoms with Crippen LogP contribution < -0.4 is 10.1 Å². The van der Waals surface area contributed by atoms with Crippen molar-refractivity contribution < 1.29 is 9.13 Å². The van der Waals surface area contributed by atoms with E-state index in [1.807, 2.05) is 19.1 Å². The molecule has 0 unspecified atom stereocenters. The SMILES string of the molecule is CCCNCc1ccc(Oc2ccccc2F)c(C)c1. The van der Waals surface area contributed by atoms with E-state index in [-0.39, 0.29) is 11.6 Å². The summed E-state index contributed by atoms with van der Waals surface area (Å²) >= 11 is 0. The van der Waals surface area contributed by atoms with Crippen LogP contribution in [0.5, 0.6) is 11.5 Å². The van der Waals surface area contributed by atoms with Crippen LogP contribution in [-0.4, -0.2) is 6.54 Å². The molecule has 2 aromatic carbocycles. The lowest BCUT2D eigenvalue weighted by Crippen LogP contribution is -2.13. The summed E-state index contributed by atoms with van der Waals surface area (Å²) in [4.78, 5) is 0. The number of benzene rings is 2. The van der Waals surface area contributed by atoms with E-state index in [0.29, 0.717) is 5.75 Å². The highest BCUT2D eigenvalue weighted by Crippen LogP contribution is 2.27. The van der Waals surface area contributed by atoms with E-state index in [9.17, 15) is 4.39 Å². The molecular formula is C17H20FNO. The van der Waals surface area contributed by atoms with Crippen LogP contribution in [0.4, 0.5) is 4.39 Å². The number of rotatable bonds is 6. The smallest absolute Gasteiger partial charge is 0.165 e. The van der Waals surface area contributed by atoms with Gasteiger partial charge in [0.05, 0.1) is 0 Å². The Kier molecular flexibility index (Phi) is 5.13. The highest BCUT2D eigenvalue weighted by atomic mass is 19.1. The maximum atomic E-state index is 13.6. The predicted octanol–water partition coefficient (Wildman–Crippen LogP) is 4.43. The first-order chi connectivity index (χ1) is 9.70. The molecule has 0 aromatic heterocycles. The first-order valence-electron chi connectivity index (χ1n) is 6.93. The number of nitrogens with one attached hydrogen (secondary N) is 1. The monoisotopic (exact) mass is 273 g/mol. The minimum absolute atomic E-state index is 0.257. The Morgan fingerprint density at radius 1 is 1.10 bits per heavy atom. The Morgan fingerprint density at radius 3 is 2.60 bits per heavy atom. The van der Waals surface area contributed by atoms with E-state index < -0.39 is 0 Å². The first kappa shape index (κ1) is 14.5. The number of aryl methyl sites for hydroxylation is 1. The van der Waals surface area contributed by atoms with Crippen LogP contribution in [0.25, 0.3) is 0 Å². The minimum Gasteiger partial charge on any atom is -0.454 e. The lowest BCUT2D eigenvalue weighted by molar-refractivity contribution is 0.439. The fourth-order valence-electron chi connectivity index (χ4n) is 1.99. The minimum atomic E-state index is -0.347. The van der Waals surface area contributed by atoms with E-state index in [2.05, 4.69) is 18.3 Å². The molecule has 0 aliphatic rings. The molecule has 0 fully saturated rings. The van der Waals surface area contributed by atoms with Crippen molar-refractivity contribution in [2.45, 2.75) is 26.8 Å². The third-order valence-corrected chi connectivity index (χ3v) is 3.05. The van der Waals surface area contributed by atoms with Crippen LogP contribution in [0, 0.1) is 12.7 Å². The Labute approximate surface area is 119 Å². The molecule has 0 saturated heterocycles. The number of hydrogen-bond donors (Lipinski definition) is 1. The van der Waals surface area contributed by atoms with Gasteiger partial charge in [-0.25, -0.2) is 4.39 Å². The predicted molar refractivity (Wildman–Crippen MR) is 79.7 cm³/mol. The zero-order valence-electron chi connectivity index (χ0n) is 11.9. The molecule has 106 valence electrons. The van der Waals surface area contributed by atoms with E-state index in [0.717, 1.165) is 25.1 Å². The Morgan fingerprint density at radius 2 is 1.90 bits per heavy atom. The Bertz CT molecular complexity index is 569. The van der Waals surface area contributed by atoms with Crippen LogP contribution in [-0.2, 0) is 6.54 Å². The molecule has 3 heteroatoms. The van der Waals surface area contributed by atoms with Crippen LogP contribution in [0.2, 0.25) is 0 Å². The Balaban J connectivity index is 2.08. The van der Waals surface area contributed by atoms with Gasteiger partial charge in [0.2, 0.25) is 0 Å². The quantitative estimate of drug-likeness (QED) is 0.786. The van der Waals surface area contributed by atoms with Crippen LogP contribution in [0.3, 0.4) is 0 Å². The third kappa shape index (κ3) is 3.81. The molecule has 0 saturated carbocycles. The highest BCUT2D eigenvalue weighted by Gasteiger charge is 2.06. The van der Waals surface area contributed by atoms with Gasteiger partial charge in [0.25, 0.3) is 0 Å². The van der Waals surface area contributed by atoms with Crippen molar-refractivity contribution in [2.75, 3.05) is 6.54 Å². The summed E-state index contributed by atoms with van der Waals surface area (Å²) in [5, 5.41) is 3.36.